The number of hydrogen-bond donors (Lipinski definition) is 2. The van der Waals surface area contributed by atoms with Crippen LogP contribution < -0.4 is 14.8 Å². The number of fused-ring (bicyclic) bond motifs is 1. The molecule has 0 heterocycles. The molecule has 1 amide bonds. The minimum atomic E-state index is -3.71. The molecule has 144 valence electrons. The summed E-state index contributed by atoms with van der Waals surface area (Å²) >= 11 is 0. The maximum atomic E-state index is 12.5. The number of carbonyl (C=O) groups excluding carboxylic acids is 1. The molecule has 7 heteroatoms. The molecule has 0 aromatic heterocycles. The van der Waals surface area contributed by atoms with E-state index in [1.807, 2.05) is 30.3 Å². The Balaban J connectivity index is 1.55. The zero-order chi connectivity index (χ0) is 19.3. The number of benzene rings is 2. The lowest BCUT2D eigenvalue weighted by molar-refractivity contribution is -0.120. The van der Waals surface area contributed by atoms with Crippen LogP contribution in [0, 0.1) is 0 Å². The predicted octanol–water partition coefficient (Wildman–Crippen LogP) is 2.17. The van der Waals surface area contributed by atoms with E-state index in [-0.39, 0.29) is 17.3 Å². The molecule has 2 aromatic carbocycles. The van der Waals surface area contributed by atoms with Crippen LogP contribution in [0.2, 0.25) is 0 Å². The van der Waals surface area contributed by atoms with Gasteiger partial charge in [0.2, 0.25) is 15.9 Å². The standard InChI is InChI=1S/C20H24N2O4S/c1-26-18-8-4-5-15(11-18)13-21-20(23)14-22-27(24,25)19-10-9-16-6-2-3-7-17(16)12-19/h4-5,8-12,22H,2-3,6-7,13-14H2,1H3,(H,21,23). The van der Waals surface area contributed by atoms with Gasteiger partial charge in [-0.2, -0.15) is 0 Å². The second kappa shape index (κ2) is 8.54. The van der Waals surface area contributed by atoms with Crippen LogP contribution in [0.25, 0.3) is 0 Å². The first-order valence-corrected chi connectivity index (χ1v) is 10.5. The van der Waals surface area contributed by atoms with E-state index < -0.39 is 10.0 Å². The third kappa shape index (κ3) is 5.08. The fourth-order valence-electron chi connectivity index (χ4n) is 3.17. The first kappa shape index (κ1) is 19.4. The Kier molecular flexibility index (Phi) is 6.13. The molecule has 3 rings (SSSR count). The highest BCUT2D eigenvalue weighted by atomic mass is 32.2. The lowest BCUT2D eigenvalue weighted by atomic mass is 9.92. The lowest BCUT2D eigenvalue weighted by Gasteiger charge is -2.16. The molecule has 27 heavy (non-hydrogen) atoms. The maximum Gasteiger partial charge on any atom is 0.241 e. The quantitative estimate of drug-likeness (QED) is 0.761. The van der Waals surface area contributed by atoms with Crippen LogP contribution >= 0.6 is 0 Å². The predicted molar refractivity (Wildman–Crippen MR) is 103 cm³/mol. The molecule has 0 fully saturated rings. The van der Waals surface area contributed by atoms with Gasteiger partial charge in [-0.15, -0.1) is 0 Å². The molecule has 6 nitrogen and oxygen atoms in total. The molecule has 0 saturated heterocycles. The van der Waals surface area contributed by atoms with E-state index in [4.69, 9.17) is 4.74 Å². The van der Waals surface area contributed by atoms with Crippen LogP contribution in [-0.2, 0) is 34.2 Å². The maximum absolute atomic E-state index is 12.5. The van der Waals surface area contributed by atoms with Crippen LogP contribution in [-0.4, -0.2) is 28.0 Å². The van der Waals surface area contributed by atoms with Crippen molar-refractivity contribution in [3.05, 3.63) is 59.2 Å². The number of methoxy groups -OCH3 is 1. The van der Waals surface area contributed by atoms with Crippen molar-refractivity contribution in [1.29, 1.82) is 0 Å². The average Bonchev–Trinajstić information content (AvgIpc) is 2.70. The van der Waals surface area contributed by atoms with E-state index in [9.17, 15) is 13.2 Å². The zero-order valence-corrected chi connectivity index (χ0v) is 16.1. The van der Waals surface area contributed by atoms with Crippen molar-refractivity contribution in [3.8, 4) is 5.75 Å². The van der Waals surface area contributed by atoms with Gasteiger partial charge in [0.05, 0.1) is 18.6 Å². The number of nitrogens with one attached hydrogen (secondary N) is 2. The Hall–Kier alpha value is -2.38. The van der Waals surface area contributed by atoms with Crippen molar-refractivity contribution in [1.82, 2.24) is 10.0 Å². The van der Waals surface area contributed by atoms with Crippen molar-refractivity contribution < 1.29 is 17.9 Å². The molecule has 1 aliphatic carbocycles. The summed E-state index contributed by atoms with van der Waals surface area (Å²) in [4.78, 5) is 12.2. The molecule has 0 spiro atoms. The van der Waals surface area contributed by atoms with Gasteiger partial charge in [0.25, 0.3) is 0 Å². The van der Waals surface area contributed by atoms with Gasteiger partial charge >= 0.3 is 0 Å². The summed E-state index contributed by atoms with van der Waals surface area (Å²) in [7, 11) is -2.14. The fraction of sp³-hybridized carbons (Fsp3) is 0.350. The molecule has 1 aliphatic rings. The van der Waals surface area contributed by atoms with E-state index >= 15 is 0 Å². The van der Waals surface area contributed by atoms with Gasteiger partial charge in [0.15, 0.2) is 0 Å². The number of rotatable bonds is 7. The normalized spacial score (nSPS) is 13.7. The number of sulfonamides is 1. The van der Waals surface area contributed by atoms with Gasteiger partial charge in [0.1, 0.15) is 5.75 Å². The average molecular weight is 388 g/mol. The summed E-state index contributed by atoms with van der Waals surface area (Å²) in [6, 6.07) is 12.5. The summed E-state index contributed by atoms with van der Waals surface area (Å²) in [6.07, 6.45) is 4.12. The summed E-state index contributed by atoms with van der Waals surface area (Å²) in [5.41, 5.74) is 3.18. The van der Waals surface area contributed by atoms with Crippen molar-refractivity contribution in [2.45, 2.75) is 37.1 Å². The van der Waals surface area contributed by atoms with Crippen LogP contribution in [0.3, 0.4) is 0 Å². The molecule has 0 unspecified atom stereocenters. The van der Waals surface area contributed by atoms with Crippen molar-refractivity contribution in [3.63, 3.8) is 0 Å². The van der Waals surface area contributed by atoms with Crippen LogP contribution in [0.1, 0.15) is 29.5 Å². The van der Waals surface area contributed by atoms with Crippen molar-refractivity contribution in [2.75, 3.05) is 13.7 Å². The highest BCUT2D eigenvalue weighted by Crippen LogP contribution is 2.24. The molecule has 0 saturated carbocycles. The van der Waals surface area contributed by atoms with E-state index in [2.05, 4.69) is 10.0 Å². The summed E-state index contributed by atoms with van der Waals surface area (Å²) < 4.78 is 32.5. The Bertz CT molecular complexity index is 925. The number of aryl methyl sites for hydroxylation is 2. The van der Waals surface area contributed by atoms with Gasteiger partial charge in [-0.3, -0.25) is 4.79 Å². The number of ether oxygens (including phenoxy) is 1. The molecule has 0 aliphatic heterocycles. The van der Waals surface area contributed by atoms with Gasteiger partial charge in [0, 0.05) is 6.54 Å². The van der Waals surface area contributed by atoms with Crippen molar-refractivity contribution in [2.24, 2.45) is 0 Å². The molecule has 2 N–H and O–H groups in total. The monoisotopic (exact) mass is 388 g/mol. The van der Waals surface area contributed by atoms with Gasteiger partial charge in [-0.25, -0.2) is 13.1 Å². The van der Waals surface area contributed by atoms with Gasteiger partial charge < -0.3 is 10.1 Å². The number of amides is 1. The molecule has 0 radical (unpaired) electrons. The van der Waals surface area contributed by atoms with Gasteiger partial charge in [-0.05, 0) is 66.6 Å². The van der Waals surface area contributed by atoms with Crippen LogP contribution in [0.4, 0.5) is 0 Å². The third-order valence-electron chi connectivity index (χ3n) is 4.68. The van der Waals surface area contributed by atoms with E-state index in [0.29, 0.717) is 12.3 Å². The minimum Gasteiger partial charge on any atom is -0.497 e. The van der Waals surface area contributed by atoms with Gasteiger partial charge in [-0.1, -0.05) is 18.2 Å². The van der Waals surface area contributed by atoms with E-state index in [0.717, 1.165) is 36.8 Å². The molecular formula is C20H24N2O4S. The Morgan fingerprint density at radius 1 is 1.07 bits per heavy atom. The Morgan fingerprint density at radius 2 is 1.85 bits per heavy atom. The second-order valence-electron chi connectivity index (χ2n) is 6.59. The largest absolute Gasteiger partial charge is 0.497 e. The Labute approximate surface area is 160 Å². The SMILES string of the molecule is COc1cccc(CNC(=O)CNS(=O)(=O)c2ccc3c(c2)CCCC3)c1. The second-order valence-corrected chi connectivity index (χ2v) is 8.36. The highest BCUT2D eigenvalue weighted by molar-refractivity contribution is 7.89. The first-order valence-electron chi connectivity index (χ1n) is 8.99. The van der Waals surface area contributed by atoms with Crippen LogP contribution in [0.5, 0.6) is 5.75 Å². The smallest absolute Gasteiger partial charge is 0.241 e. The number of carbonyl (C=O) groups is 1. The highest BCUT2D eigenvalue weighted by Gasteiger charge is 2.18. The minimum absolute atomic E-state index is 0.212. The van der Waals surface area contributed by atoms with Crippen LogP contribution in [0.15, 0.2) is 47.4 Å². The number of hydrogen-bond acceptors (Lipinski definition) is 4. The molecule has 0 bridgehead atoms. The molecule has 2 aromatic rings. The molecule has 0 atom stereocenters. The van der Waals surface area contributed by atoms with Crippen molar-refractivity contribution >= 4 is 15.9 Å². The summed E-state index contributed by atoms with van der Waals surface area (Å²) in [5, 5.41) is 2.70. The molecular weight excluding hydrogens is 364 g/mol. The first-order chi connectivity index (χ1) is 13.0. The van der Waals surface area contributed by atoms with E-state index in [1.165, 1.54) is 5.56 Å². The third-order valence-corrected chi connectivity index (χ3v) is 6.08. The fourth-order valence-corrected chi connectivity index (χ4v) is 4.20. The summed E-state index contributed by atoms with van der Waals surface area (Å²) in [6.45, 7) is -0.00000727. The lowest BCUT2D eigenvalue weighted by Crippen LogP contribution is -2.36. The summed E-state index contributed by atoms with van der Waals surface area (Å²) in [5.74, 6) is 0.314. The Morgan fingerprint density at radius 3 is 2.63 bits per heavy atom. The topological polar surface area (TPSA) is 84.5 Å². The van der Waals surface area contributed by atoms with E-state index in [1.54, 1.807) is 19.2 Å². The zero-order valence-electron chi connectivity index (χ0n) is 15.3.